The summed E-state index contributed by atoms with van der Waals surface area (Å²) >= 11 is 0. The summed E-state index contributed by atoms with van der Waals surface area (Å²) in [4.78, 5) is 15.2. The van der Waals surface area contributed by atoms with Crippen molar-refractivity contribution in [2.24, 2.45) is 0 Å². The van der Waals surface area contributed by atoms with Gasteiger partial charge in [0.1, 0.15) is 6.61 Å². The summed E-state index contributed by atoms with van der Waals surface area (Å²) in [6, 6.07) is 14.3. The lowest BCUT2D eigenvalue weighted by atomic mass is 9.98. The Hall–Kier alpha value is -2.39. The average molecular weight is 293 g/mol. The van der Waals surface area contributed by atoms with Gasteiger partial charge in [0, 0.05) is 17.7 Å². The molecule has 0 radical (unpaired) electrons. The van der Waals surface area contributed by atoms with Gasteiger partial charge in [-0.15, -0.1) is 0 Å². The molecule has 2 heterocycles. The third-order valence-electron chi connectivity index (χ3n) is 3.51. The van der Waals surface area contributed by atoms with Crippen LogP contribution in [0.5, 0.6) is 5.88 Å². The summed E-state index contributed by atoms with van der Waals surface area (Å²) < 4.78 is 0. The SMILES string of the molecule is CC(C)=CCc1ccc2c(n1)OOCC=C2c1ccccc1. The molecule has 3 heteroatoms. The van der Waals surface area contributed by atoms with Crippen LogP contribution in [-0.2, 0) is 11.3 Å². The molecule has 0 saturated heterocycles. The molecule has 0 aliphatic carbocycles. The number of rotatable bonds is 3. The van der Waals surface area contributed by atoms with Crippen molar-refractivity contribution in [3.8, 4) is 5.88 Å². The highest BCUT2D eigenvalue weighted by atomic mass is 17.2. The summed E-state index contributed by atoms with van der Waals surface area (Å²) in [7, 11) is 0. The largest absolute Gasteiger partial charge is 0.316 e. The molecule has 3 rings (SSSR count). The minimum atomic E-state index is 0.407. The average Bonchev–Trinajstić information content (AvgIpc) is 2.75. The standard InChI is InChI=1S/C19H19NO2/c1-14(2)8-9-16-10-11-18-17(15-6-4-3-5-7-15)12-13-21-22-19(18)20-16/h3-8,10-12H,9,13H2,1-2H3. The quantitative estimate of drug-likeness (QED) is 0.623. The summed E-state index contributed by atoms with van der Waals surface area (Å²) in [6.07, 6.45) is 4.97. The van der Waals surface area contributed by atoms with Gasteiger partial charge in [0.25, 0.3) is 5.88 Å². The van der Waals surface area contributed by atoms with Gasteiger partial charge in [-0.25, -0.2) is 4.98 Å². The Morgan fingerprint density at radius 1 is 1.14 bits per heavy atom. The molecule has 0 spiro atoms. The molecule has 0 amide bonds. The zero-order valence-electron chi connectivity index (χ0n) is 12.9. The van der Waals surface area contributed by atoms with E-state index in [1.807, 2.05) is 30.3 Å². The molecular formula is C19H19NO2. The van der Waals surface area contributed by atoms with Crippen molar-refractivity contribution in [3.63, 3.8) is 0 Å². The topological polar surface area (TPSA) is 31.4 Å². The molecule has 1 aliphatic rings. The van der Waals surface area contributed by atoms with E-state index in [4.69, 9.17) is 9.78 Å². The van der Waals surface area contributed by atoms with Crippen molar-refractivity contribution in [3.05, 3.63) is 77.0 Å². The van der Waals surface area contributed by atoms with Crippen LogP contribution in [0, 0.1) is 0 Å². The Balaban J connectivity index is 1.98. The fourth-order valence-corrected chi connectivity index (χ4v) is 2.38. The number of pyridine rings is 1. The number of allylic oxidation sites excluding steroid dienone is 2. The van der Waals surface area contributed by atoms with Gasteiger partial charge in [0.15, 0.2) is 0 Å². The number of hydrogen-bond acceptors (Lipinski definition) is 3. The molecule has 0 bridgehead atoms. The number of fused-ring (bicyclic) bond motifs is 1. The van der Waals surface area contributed by atoms with E-state index in [1.54, 1.807) is 0 Å². The van der Waals surface area contributed by atoms with Gasteiger partial charge in [-0.3, -0.25) is 0 Å². The van der Waals surface area contributed by atoms with Gasteiger partial charge in [-0.05, 0) is 43.2 Å². The minimum Gasteiger partial charge on any atom is -0.316 e. The lowest BCUT2D eigenvalue weighted by molar-refractivity contribution is -0.198. The first-order chi connectivity index (χ1) is 10.7. The van der Waals surface area contributed by atoms with E-state index in [9.17, 15) is 0 Å². The highest BCUT2D eigenvalue weighted by Crippen LogP contribution is 2.32. The summed E-state index contributed by atoms with van der Waals surface area (Å²) in [5, 5.41) is 0. The van der Waals surface area contributed by atoms with Crippen molar-refractivity contribution in [2.75, 3.05) is 6.61 Å². The predicted octanol–water partition coefficient (Wildman–Crippen LogP) is 4.35. The third-order valence-corrected chi connectivity index (χ3v) is 3.51. The van der Waals surface area contributed by atoms with Gasteiger partial charge >= 0.3 is 0 Å². The van der Waals surface area contributed by atoms with Crippen molar-refractivity contribution in [1.29, 1.82) is 0 Å². The van der Waals surface area contributed by atoms with Crippen LogP contribution >= 0.6 is 0 Å². The zero-order valence-corrected chi connectivity index (χ0v) is 12.9. The molecule has 112 valence electrons. The van der Waals surface area contributed by atoms with Crippen molar-refractivity contribution in [2.45, 2.75) is 20.3 Å². The maximum absolute atomic E-state index is 5.36. The van der Waals surface area contributed by atoms with Crippen molar-refractivity contribution >= 4 is 5.57 Å². The molecule has 0 N–H and O–H groups in total. The maximum Gasteiger partial charge on any atom is 0.264 e. The fourth-order valence-electron chi connectivity index (χ4n) is 2.38. The molecule has 22 heavy (non-hydrogen) atoms. The minimum absolute atomic E-state index is 0.407. The van der Waals surface area contributed by atoms with Gasteiger partial charge in [0.2, 0.25) is 0 Å². The number of aromatic nitrogens is 1. The van der Waals surface area contributed by atoms with Crippen molar-refractivity contribution in [1.82, 2.24) is 4.98 Å². The molecule has 1 aromatic heterocycles. The van der Waals surface area contributed by atoms with Crippen LogP contribution in [0.2, 0.25) is 0 Å². The Labute approximate surface area is 130 Å². The van der Waals surface area contributed by atoms with Gasteiger partial charge in [0.05, 0.1) is 0 Å². The fraction of sp³-hybridized carbons (Fsp3) is 0.211. The van der Waals surface area contributed by atoms with Crippen LogP contribution in [0.25, 0.3) is 5.57 Å². The lowest BCUT2D eigenvalue weighted by Crippen LogP contribution is -2.00. The normalized spacial score (nSPS) is 13.5. The van der Waals surface area contributed by atoms with Gasteiger partial charge in [-0.2, -0.15) is 4.89 Å². The van der Waals surface area contributed by atoms with Crippen LogP contribution in [-0.4, -0.2) is 11.6 Å². The second-order valence-corrected chi connectivity index (χ2v) is 5.49. The number of hydrogen-bond donors (Lipinski definition) is 0. The molecule has 0 unspecified atom stereocenters. The third kappa shape index (κ3) is 3.26. The molecule has 0 saturated carbocycles. The number of benzene rings is 1. The smallest absolute Gasteiger partial charge is 0.264 e. The van der Waals surface area contributed by atoms with Gasteiger partial charge < -0.3 is 4.89 Å². The maximum atomic E-state index is 5.36. The molecule has 0 atom stereocenters. The first-order valence-electron chi connectivity index (χ1n) is 7.43. The Kier molecular flexibility index (Phi) is 4.35. The summed E-state index contributed by atoms with van der Waals surface area (Å²) in [5.41, 5.74) is 5.44. The molecule has 3 nitrogen and oxygen atoms in total. The predicted molar refractivity (Wildman–Crippen MR) is 87.5 cm³/mol. The second kappa shape index (κ2) is 6.58. The molecule has 0 fully saturated rings. The number of nitrogens with zero attached hydrogens (tertiary/aromatic N) is 1. The van der Waals surface area contributed by atoms with Gasteiger partial charge in [-0.1, -0.05) is 42.0 Å². The molecule has 1 aromatic carbocycles. The van der Waals surface area contributed by atoms with Crippen LogP contribution in [0.15, 0.2) is 60.2 Å². The highest BCUT2D eigenvalue weighted by Gasteiger charge is 2.17. The second-order valence-electron chi connectivity index (χ2n) is 5.49. The van der Waals surface area contributed by atoms with Crippen LogP contribution < -0.4 is 4.89 Å². The Morgan fingerprint density at radius 3 is 2.73 bits per heavy atom. The first kappa shape index (κ1) is 14.5. The van der Waals surface area contributed by atoms with Crippen molar-refractivity contribution < 1.29 is 9.78 Å². The van der Waals surface area contributed by atoms with Crippen LogP contribution in [0.1, 0.15) is 30.7 Å². The zero-order chi connectivity index (χ0) is 15.4. The summed E-state index contributed by atoms with van der Waals surface area (Å²) in [5.74, 6) is 0.534. The monoisotopic (exact) mass is 293 g/mol. The lowest BCUT2D eigenvalue weighted by Gasteiger charge is -2.10. The van der Waals surface area contributed by atoms with E-state index in [-0.39, 0.29) is 0 Å². The van der Waals surface area contributed by atoms with E-state index in [1.165, 1.54) is 5.57 Å². The van der Waals surface area contributed by atoms with Crippen LogP contribution in [0.4, 0.5) is 0 Å². The first-order valence-corrected chi connectivity index (χ1v) is 7.43. The van der Waals surface area contributed by atoms with E-state index < -0.39 is 0 Å². The van der Waals surface area contributed by atoms with E-state index >= 15 is 0 Å². The molecule has 2 aromatic rings. The molecule has 1 aliphatic heterocycles. The summed E-state index contributed by atoms with van der Waals surface area (Å²) in [6.45, 7) is 4.57. The van der Waals surface area contributed by atoms with Crippen LogP contribution in [0.3, 0.4) is 0 Å². The van der Waals surface area contributed by atoms with E-state index in [0.717, 1.165) is 28.8 Å². The Morgan fingerprint density at radius 2 is 1.95 bits per heavy atom. The molecular weight excluding hydrogens is 274 g/mol. The Bertz CT molecular complexity index is 713. The highest BCUT2D eigenvalue weighted by molar-refractivity contribution is 5.82. The van der Waals surface area contributed by atoms with E-state index in [0.29, 0.717) is 12.5 Å². The van der Waals surface area contributed by atoms with E-state index in [2.05, 4.69) is 43.1 Å².